The fraction of sp³-hybridized carbons (Fsp3) is 0.304. The number of hydrogen-bond acceptors (Lipinski definition) is 4. The van der Waals surface area contributed by atoms with E-state index >= 15 is 0 Å². The number of hydrogen-bond donors (Lipinski definition) is 2. The number of carbonyl (C=O) groups is 1. The van der Waals surface area contributed by atoms with Crippen molar-refractivity contribution in [1.29, 1.82) is 0 Å². The number of nitrogens with one attached hydrogen (secondary N) is 2. The lowest BCUT2D eigenvalue weighted by Gasteiger charge is -2.15. The van der Waals surface area contributed by atoms with E-state index in [1.165, 1.54) is 11.6 Å². The largest absolute Gasteiger partial charge is 0.370 e. The van der Waals surface area contributed by atoms with Crippen molar-refractivity contribution in [3.63, 3.8) is 0 Å². The number of amides is 2. The zero-order valence-corrected chi connectivity index (χ0v) is 18.6. The predicted molar refractivity (Wildman–Crippen MR) is 120 cm³/mol. The van der Waals surface area contributed by atoms with Crippen molar-refractivity contribution in [3.05, 3.63) is 70.7 Å². The molecule has 0 spiro atoms. The van der Waals surface area contributed by atoms with Crippen molar-refractivity contribution in [1.82, 2.24) is 10.3 Å². The van der Waals surface area contributed by atoms with E-state index in [0.29, 0.717) is 24.2 Å². The Kier molecular flexibility index (Phi) is 8.40. The van der Waals surface area contributed by atoms with Crippen LogP contribution in [0, 0.1) is 6.92 Å². The van der Waals surface area contributed by atoms with E-state index in [-0.39, 0.29) is 6.61 Å². The molecule has 0 saturated carbocycles. The number of ether oxygens (including phenoxy) is 1. The summed E-state index contributed by atoms with van der Waals surface area (Å²) in [5, 5.41) is 8.24. The number of benzene rings is 2. The molecule has 5 nitrogen and oxygen atoms in total. The molecule has 1 aromatic heterocycles. The summed E-state index contributed by atoms with van der Waals surface area (Å²) in [5.74, 6) is -4.20. The van der Waals surface area contributed by atoms with Gasteiger partial charge >= 0.3 is 18.4 Å². The Balaban J connectivity index is 1.43. The summed E-state index contributed by atoms with van der Waals surface area (Å²) in [4.78, 5) is 16.7. The fourth-order valence-electron chi connectivity index (χ4n) is 2.84. The van der Waals surface area contributed by atoms with Gasteiger partial charge in [0, 0.05) is 29.6 Å². The molecule has 3 rings (SSSR count). The third-order valence-corrected chi connectivity index (χ3v) is 5.52. The van der Waals surface area contributed by atoms with Gasteiger partial charge in [0.1, 0.15) is 11.6 Å². The second kappa shape index (κ2) is 11.2. The summed E-state index contributed by atoms with van der Waals surface area (Å²) in [6.45, 7) is 0.724. The van der Waals surface area contributed by atoms with E-state index in [4.69, 9.17) is 4.74 Å². The third-order valence-electron chi connectivity index (χ3n) is 4.58. The zero-order valence-electron chi connectivity index (χ0n) is 17.8. The molecule has 0 fully saturated rings. The summed E-state index contributed by atoms with van der Waals surface area (Å²) in [6, 6.07) is 14.0. The number of halogens is 4. The molecule has 0 atom stereocenters. The summed E-state index contributed by atoms with van der Waals surface area (Å²) in [6.07, 6.45) is -3.23. The Labute approximate surface area is 192 Å². The molecule has 33 heavy (non-hydrogen) atoms. The van der Waals surface area contributed by atoms with Gasteiger partial charge in [-0.25, -0.2) is 18.6 Å². The lowest BCUT2D eigenvalue weighted by molar-refractivity contribution is -0.168. The van der Waals surface area contributed by atoms with Crippen LogP contribution in [0.3, 0.4) is 0 Å². The monoisotopic (exact) mass is 481 g/mol. The molecule has 2 aromatic carbocycles. The molecule has 176 valence electrons. The summed E-state index contributed by atoms with van der Waals surface area (Å²) in [5.41, 5.74) is 3.98. The molecule has 0 aliphatic heterocycles. The maximum Gasteiger partial charge on any atom is 0.330 e. The maximum atomic E-state index is 12.9. The van der Waals surface area contributed by atoms with Crippen molar-refractivity contribution >= 4 is 23.1 Å². The van der Waals surface area contributed by atoms with Crippen LogP contribution < -0.4 is 10.6 Å². The van der Waals surface area contributed by atoms with Crippen LogP contribution in [0.1, 0.15) is 16.8 Å². The molecule has 3 aromatic rings. The number of nitrogens with zero attached hydrogens (tertiary/aromatic N) is 1. The number of alkyl halides is 4. The highest BCUT2D eigenvalue weighted by atomic mass is 32.1. The first-order valence-electron chi connectivity index (χ1n) is 10.1. The topological polar surface area (TPSA) is 63.2 Å². The molecule has 0 unspecified atom stereocenters. The molecule has 2 amide bonds. The summed E-state index contributed by atoms with van der Waals surface area (Å²) >= 11 is 1.54. The molecule has 10 heteroatoms. The Morgan fingerprint density at radius 3 is 2.67 bits per heavy atom. The Bertz CT molecular complexity index is 1060. The van der Waals surface area contributed by atoms with E-state index in [1.807, 2.05) is 36.6 Å². The minimum absolute atomic E-state index is 0.285. The molecule has 0 saturated heterocycles. The molecule has 1 heterocycles. The number of anilines is 1. The molecule has 2 N–H and O–H groups in total. The molecular weight excluding hydrogens is 458 g/mol. The van der Waals surface area contributed by atoms with Crippen LogP contribution in [0.15, 0.2) is 53.9 Å². The molecule has 0 aliphatic carbocycles. The summed E-state index contributed by atoms with van der Waals surface area (Å²) in [7, 11) is 0. The third kappa shape index (κ3) is 7.54. The van der Waals surface area contributed by atoms with Crippen molar-refractivity contribution < 1.29 is 27.1 Å². The fourth-order valence-corrected chi connectivity index (χ4v) is 3.70. The molecule has 0 aliphatic rings. The van der Waals surface area contributed by atoms with Crippen LogP contribution >= 0.6 is 11.3 Å². The van der Waals surface area contributed by atoms with Crippen LogP contribution in [0.4, 0.5) is 28.0 Å². The second-order valence-electron chi connectivity index (χ2n) is 7.40. The van der Waals surface area contributed by atoms with Gasteiger partial charge in [-0.2, -0.15) is 8.78 Å². The van der Waals surface area contributed by atoms with Gasteiger partial charge in [-0.3, -0.25) is 0 Å². The zero-order chi connectivity index (χ0) is 23.8. The number of urea groups is 1. The van der Waals surface area contributed by atoms with Gasteiger partial charge in [-0.15, -0.1) is 11.3 Å². The average molecular weight is 482 g/mol. The quantitative estimate of drug-likeness (QED) is 0.355. The Morgan fingerprint density at radius 1 is 1.18 bits per heavy atom. The van der Waals surface area contributed by atoms with E-state index < -0.39 is 25.0 Å². The van der Waals surface area contributed by atoms with Crippen LogP contribution in [-0.2, 0) is 17.8 Å². The highest BCUT2D eigenvalue weighted by Gasteiger charge is 2.40. The highest BCUT2D eigenvalue weighted by molar-refractivity contribution is 7.13. The number of carbonyl (C=O) groups excluding carboxylic acids is 1. The minimum Gasteiger partial charge on any atom is -0.370 e. The number of aromatic nitrogens is 1. The summed E-state index contributed by atoms with van der Waals surface area (Å²) < 4.78 is 54.8. The standard InChI is InChI=1S/C23H23F4N3O2S/c1-15-5-7-17(8-6-15)20-29-19(13-33-20)9-10-28-22(31)30-18-4-2-3-16(11-18)12-32-14-23(26,27)21(24)25/h2-8,11,13,21H,9-10,12,14H2,1H3,(H2,28,30,31). The van der Waals surface area contributed by atoms with E-state index in [2.05, 4.69) is 15.6 Å². The minimum atomic E-state index is -4.20. The van der Waals surface area contributed by atoms with Crippen molar-refractivity contribution in [2.75, 3.05) is 18.5 Å². The predicted octanol–water partition coefficient (Wildman–Crippen LogP) is 5.90. The average Bonchev–Trinajstić information content (AvgIpc) is 3.23. The Morgan fingerprint density at radius 2 is 1.94 bits per heavy atom. The first kappa shape index (κ1) is 24.7. The van der Waals surface area contributed by atoms with Crippen LogP contribution in [-0.4, -0.2) is 36.5 Å². The van der Waals surface area contributed by atoms with E-state index in [1.54, 1.807) is 29.5 Å². The van der Waals surface area contributed by atoms with E-state index in [9.17, 15) is 22.4 Å². The van der Waals surface area contributed by atoms with Crippen molar-refractivity contribution in [2.45, 2.75) is 32.3 Å². The normalized spacial score (nSPS) is 11.6. The Hall–Kier alpha value is -2.98. The number of aryl methyl sites for hydroxylation is 1. The highest BCUT2D eigenvalue weighted by Crippen LogP contribution is 2.25. The molecule has 0 radical (unpaired) electrons. The van der Waals surface area contributed by atoms with Crippen molar-refractivity contribution in [3.8, 4) is 10.6 Å². The van der Waals surface area contributed by atoms with Gasteiger partial charge in [0.15, 0.2) is 0 Å². The second-order valence-corrected chi connectivity index (χ2v) is 8.25. The number of rotatable bonds is 10. The van der Waals surface area contributed by atoms with Gasteiger partial charge in [-0.1, -0.05) is 42.0 Å². The van der Waals surface area contributed by atoms with Crippen molar-refractivity contribution in [2.24, 2.45) is 0 Å². The smallest absolute Gasteiger partial charge is 0.330 e. The van der Waals surface area contributed by atoms with E-state index in [0.717, 1.165) is 16.3 Å². The SMILES string of the molecule is Cc1ccc(-c2nc(CCNC(=O)Nc3cccc(COCC(F)(F)C(F)F)c3)cs2)cc1. The maximum absolute atomic E-state index is 12.9. The lowest BCUT2D eigenvalue weighted by atomic mass is 10.2. The first-order valence-corrected chi connectivity index (χ1v) is 11.0. The van der Waals surface area contributed by atoms with Crippen LogP contribution in [0.25, 0.3) is 10.6 Å². The van der Waals surface area contributed by atoms with Gasteiger partial charge in [0.2, 0.25) is 0 Å². The van der Waals surface area contributed by atoms with Gasteiger partial charge in [0.05, 0.1) is 12.3 Å². The molecule has 0 bridgehead atoms. The molecular formula is C23H23F4N3O2S. The van der Waals surface area contributed by atoms with Crippen LogP contribution in [0.2, 0.25) is 0 Å². The lowest BCUT2D eigenvalue weighted by Crippen LogP contribution is -2.32. The van der Waals surface area contributed by atoms with Gasteiger partial charge < -0.3 is 15.4 Å². The van der Waals surface area contributed by atoms with Gasteiger partial charge in [-0.05, 0) is 24.6 Å². The van der Waals surface area contributed by atoms with Gasteiger partial charge in [0.25, 0.3) is 0 Å². The first-order chi connectivity index (χ1) is 15.7. The number of thiazole rings is 1. The van der Waals surface area contributed by atoms with Crippen LogP contribution in [0.5, 0.6) is 0 Å².